The fourth-order valence-corrected chi connectivity index (χ4v) is 7.46. The Morgan fingerprint density at radius 1 is 0.377 bits per heavy atom. The molecule has 10 aromatic rings. The maximum absolute atomic E-state index is 6.54. The number of nitrogens with zero attached hydrogens (tertiary/aromatic N) is 3. The highest BCUT2D eigenvalue weighted by molar-refractivity contribution is 6.07. The number of rotatable bonds is 6. The molecule has 10 rings (SSSR count). The topological polar surface area (TPSA) is 51.8 Å². The van der Waals surface area contributed by atoms with Gasteiger partial charge in [0.05, 0.1) is 16.9 Å². The summed E-state index contributed by atoms with van der Waals surface area (Å²) in [5.74, 6) is 0.584. The molecule has 0 spiro atoms. The van der Waals surface area contributed by atoms with E-state index in [1.165, 1.54) is 10.8 Å². The van der Waals surface area contributed by atoms with E-state index >= 15 is 0 Å². The van der Waals surface area contributed by atoms with Gasteiger partial charge in [-0.15, -0.1) is 0 Å². The molecule has 0 saturated carbocycles. The first-order chi connectivity index (χ1) is 26.3. The van der Waals surface area contributed by atoms with Gasteiger partial charge in [0.25, 0.3) is 0 Å². The predicted molar refractivity (Wildman–Crippen MR) is 217 cm³/mol. The van der Waals surface area contributed by atoms with Crippen LogP contribution < -0.4 is 0 Å². The van der Waals surface area contributed by atoms with Crippen molar-refractivity contribution in [2.24, 2.45) is 0 Å². The Labute approximate surface area is 306 Å². The van der Waals surface area contributed by atoms with Crippen molar-refractivity contribution in [3.63, 3.8) is 0 Å². The summed E-state index contributed by atoms with van der Waals surface area (Å²) in [7, 11) is 0. The first-order valence-corrected chi connectivity index (χ1v) is 17.8. The zero-order valence-corrected chi connectivity index (χ0v) is 28.6. The molecule has 4 heteroatoms. The summed E-state index contributed by atoms with van der Waals surface area (Å²) in [6.07, 6.45) is 1.81. The Hall–Kier alpha value is -7.17. The minimum absolute atomic E-state index is 0.584. The van der Waals surface area contributed by atoms with E-state index in [4.69, 9.17) is 14.4 Å². The van der Waals surface area contributed by atoms with Crippen LogP contribution in [-0.4, -0.2) is 15.0 Å². The third-order valence-electron chi connectivity index (χ3n) is 9.97. The maximum Gasteiger partial charge on any atom is 0.227 e. The molecule has 248 valence electrons. The normalized spacial score (nSPS) is 11.4. The Bertz CT molecular complexity index is 2890. The Morgan fingerprint density at radius 2 is 1.06 bits per heavy atom. The number of benzene rings is 7. The van der Waals surface area contributed by atoms with E-state index in [1.54, 1.807) is 0 Å². The van der Waals surface area contributed by atoms with Crippen LogP contribution in [0.3, 0.4) is 0 Å². The van der Waals surface area contributed by atoms with Crippen molar-refractivity contribution >= 4 is 32.8 Å². The molecule has 0 unspecified atom stereocenters. The van der Waals surface area contributed by atoms with E-state index in [0.717, 1.165) is 83.5 Å². The summed E-state index contributed by atoms with van der Waals surface area (Å²) in [6, 6.07) is 63.5. The van der Waals surface area contributed by atoms with Gasteiger partial charge in [-0.3, -0.25) is 4.98 Å². The quantitative estimate of drug-likeness (QED) is 0.176. The number of aromatic nitrogens is 3. The van der Waals surface area contributed by atoms with Crippen molar-refractivity contribution in [3.05, 3.63) is 188 Å². The number of oxazole rings is 1. The number of fused-ring (bicyclic) bond motifs is 3. The predicted octanol–water partition coefficient (Wildman–Crippen LogP) is 12.9. The third-order valence-corrected chi connectivity index (χ3v) is 9.97. The third kappa shape index (κ3) is 5.54. The molecule has 4 nitrogen and oxygen atoms in total. The van der Waals surface area contributed by atoms with Gasteiger partial charge in [-0.1, -0.05) is 140 Å². The SMILES string of the molecule is c1ccc(-c2cc(-c3ccccc3-c3ccc4ccccc4c3-c3ccc4nc(-c5cccc6ncccc56)oc4c3)cc(-c3ccccc3)n2)cc1. The van der Waals surface area contributed by atoms with Gasteiger partial charge in [-0.05, 0) is 86.6 Å². The standard InChI is InChI=1S/C49H31N3O/c1-3-14-33(15-4-1)45-29-36(30-46(51-45)34-16-5-2-6-17-34)37-18-9-10-20-39(37)41-26-24-32-13-7-8-19-38(32)48(41)35-25-27-44-47(31-35)53-49(52-44)42-21-11-23-43-40(42)22-12-28-50-43/h1-31H. The van der Waals surface area contributed by atoms with Gasteiger partial charge in [-0.2, -0.15) is 0 Å². The van der Waals surface area contributed by atoms with Crippen LogP contribution in [0.4, 0.5) is 0 Å². The number of pyridine rings is 2. The van der Waals surface area contributed by atoms with Crippen LogP contribution in [0.15, 0.2) is 193 Å². The van der Waals surface area contributed by atoms with Crippen LogP contribution in [0.25, 0.3) is 100 Å². The second-order valence-electron chi connectivity index (χ2n) is 13.2. The lowest BCUT2D eigenvalue weighted by molar-refractivity contribution is 0.621. The zero-order chi connectivity index (χ0) is 35.1. The molecule has 0 atom stereocenters. The molecule has 0 radical (unpaired) electrons. The van der Waals surface area contributed by atoms with Gasteiger partial charge in [0.1, 0.15) is 5.52 Å². The van der Waals surface area contributed by atoms with E-state index in [2.05, 4.69) is 151 Å². The monoisotopic (exact) mass is 677 g/mol. The first-order valence-electron chi connectivity index (χ1n) is 17.8. The average molecular weight is 678 g/mol. The number of hydrogen-bond acceptors (Lipinski definition) is 4. The first kappa shape index (κ1) is 30.6. The summed E-state index contributed by atoms with van der Waals surface area (Å²) < 4.78 is 6.54. The Kier molecular flexibility index (Phi) is 7.43. The summed E-state index contributed by atoms with van der Waals surface area (Å²) in [4.78, 5) is 14.6. The molecule has 0 N–H and O–H groups in total. The fourth-order valence-electron chi connectivity index (χ4n) is 7.46. The number of hydrogen-bond donors (Lipinski definition) is 0. The second kappa shape index (κ2) is 12.9. The van der Waals surface area contributed by atoms with E-state index in [-0.39, 0.29) is 0 Å². The maximum atomic E-state index is 6.54. The van der Waals surface area contributed by atoms with Crippen LogP contribution in [-0.2, 0) is 0 Å². The molecule has 0 bridgehead atoms. The van der Waals surface area contributed by atoms with Crippen molar-refractivity contribution in [1.82, 2.24) is 15.0 Å². The Morgan fingerprint density at radius 3 is 1.85 bits per heavy atom. The molecule has 0 aliphatic heterocycles. The summed E-state index contributed by atoms with van der Waals surface area (Å²) >= 11 is 0. The van der Waals surface area contributed by atoms with E-state index < -0.39 is 0 Å². The molecule has 0 aliphatic rings. The molecule has 0 fully saturated rings. The highest BCUT2D eigenvalue weighted by Gasteiger charge is 2.19. The van der Waals surface area contributed by atoms with Crippen molar-refractivity contribution in [3.8, 4) is 67.3 Å². The van der Waals surface area contributed by atoms with Crippen molar-refractivity contribution in [1.29, 1.82) is 0 Å². The molecule has 0 saturated heterocycles. The lowest BCUT2D eigenvalue weighted by atomic mass is 9.86. The largest absolute Gasteiger partial charge is 0.436 e. The van der Waals surface area contributed by atoms with E-state index in [1.807, 2.05) is 42.6 Å². The molecular weight excluding hydrogens is 647 g/mol. The van der Waals surface area contributed by atoms with Crippen LogP contribution >= 0.6 is 0 Å². The van der Waals surface area contributed by atoms with E-state index in [9.17, 15) is 0 Å². The minimum Gasteiger partial charge on any atom is -0.436 e. The molecule has 7 aromatic carbocycles. The van der Waals surface area contributed by atoms with Gasteiger partial charge in [0.15, 0.2) is 5.58 Å². The smallest absolute Gasteiger partial charge is 0.227 e. The van der Waals surface area contributed by atoms with E-state index in [0.29, 0.717) is 5.89 Å². The molecule has 53 heavy (non-hydrogen) atoms. The van der Waals surface area contributed by atoms with Crippen molar-refractivity contribution in [2.75, 3.05) is 0 Å². The van der Waals surface area contributed by atoms with Gasteiger partial charge in [0.2, 0.25) is 5.89 Å². The van der Waals surface area contributed by atoms with Crippen molar-refractivity contribution < 1.29 is 4.42 Å². The van der Waals surface area contributed by atoms with Crippen LogP contribution in [0, 0.1) is 0 Å². The van der Waals surface area contributed by atoms with Gasteiger partial charge >= 0.3 is 0 Å². The van der Waals surface area contributed by atoms with Crippen LogP contribution in [0.1, 0.15) is 0 Å². The zero-order valence-electron chi connectivity index (χ0n) is 28.6. The van der Waals surface area contributed by atoms with Crippen LogP contribution in [0.5, 0.6) is 0 Å². The van der Waals surface area contributed by atoms with Gasteiger partial charge < -0.3 is 4.42 Å². The van der Waals surface area contributed by atoms with Gasteiger partial charge in [0, 0.05) is 28.3 Å². The lowest BCUT2D eigenvalue weighted by Crippen LogP contribution is -1.94. The Balaban J connectivity index is 1.17. The molecule has 0 aliphatic carbocycles. The lowest BCUT2D eigenvalue weighted by Gasteiger charge is -2.18. The van der Waals surface area contributed by atoms with Gasteiger partial charge in [-0.25, -0.2) is 9.97 Å². The fraction of sp³-hybridized carbons (Fsp3) is 0. The molecule has 3 heterocycles. The summed E-state index contributed by atoms with van der Waals surface area (Å²) in [5, 5.41) is 3.35. The highest BCUT2D eigenvalue weighted by atomic mass is 16.3. The highest BCUT2D eigenvalue weighted by Crippen LogP contribution is 2.44. The summed E-state index contributed by atoms with van der Waals surface area (Å²) in [6.45, 7) is 0. The average Bonchev–Trinajstić information content (AvgIpc) is 3.67. The molecule has 0 amide bonds. The van der Waals surface area contributed by atoms with Crippen LogP contribution in [0.2, 0.25) is 0 Å². The summed E-state index contributed by atoms with van der Waals surface area (Å²) in [5.41, 5.74) is 14.1. The van der Waals surface area contributed by atoms with Crippen molar-refractivity contribution in [2.45, 2.75) is 0 Å². The second-order valence-corrected chi connectivity index (χ2v) is 13.2. The minimum atomic E-state index is 0.584. The molecule has 3 aromatic heterocycles. The molecular formula is C49H31N3O.